The molecule has 6 heteroatoms. The van der Waals surface area contributed by atoms with E-state index in [0.717, 1.165) is 11.1 Å². The molecule has 5 atom stereocenters. The number of aliphatic hydroxyl groups excluding tert-OH is 2. The van der Waals surface area contributed by atoms with Crippen LogP contribution in [0.15, 0.2) is 60.7 Å². The first-order valence-corrected chi connectivity index (χ1v) is 9.01. The maximum Gasteiger partial charge on any atom is 0.186 e. The molecule has 1 heterocycles. The van der Waals surface area contributed by atoms with E-state index in [0.29, 0.717) is 13.2 Å². The average Bonchev–Trinajstić information content (AvgIpc) is 2.73. The van der Waals surface area contributed by atoms with E-state index in [1.165, 1.54) is 7.11 Å². The molecule has 0 spiro atoms. The fourth-order valence-electron chi connectivity index (χ4n) is 3.15. The van der Waals surface area contributed by atoms with Crippen molar-refractivity contribution in [1.29, 1.82) is 0 Å². The van der Waals surface area contributed by atoms with Gasteiger partial charge in [-0.25, -0.2) is 0 Å². The van der Waals surface area contributed by atoms with Crippen LogP contribution >= 0.6 is 0 Å². The fraction of sp³-hybridized carbons (Fsp3) is 0.429. The van der Waals surface area contributed by atoms with Gasteiger partial charge in [0.05, 0.1) is 19.8 Å². The smallest absolute Gasteiger partial charge is 0.186 e. The molecule has 0 bridgehead atoms. The average molecular weight is 374 g/mol. The highest BCUT2D eigenvalue weighted by Crippen LogP contribution is 2.27. The van der Waals surface area contributed by atoms with Crippen molar-refractivity contribution in [3.63, 3.8) is 0 Å². The Morgan fingerprint density at radius 3 is 1.85 bits per heavy atom. The van der Waals surface area contributed by atoms with Crippen LogP contribution in [0, 0.1) is 0 Å². The maximum atomic E-state index is 10.9. The summed E-state index contributed by atoms with van der Waals surface area (Å²) in [6.07, 6.45) is -3.97. The highest BCUT2D eigenvalue weighted by Gasteiger charge is 2.46. The molecule has 0 radical (unpaired) electrons. The number of hydrogen-bond acceptors (Lipinski definition) is 6. The summed E-state index contributed by atoms with van der Waals surface area (Å²) in [4.78, 5) is 0. The summed E-state index contributed by atoms with van der Waals surface area (Å²) in [5.41, 5.74) is 1.95. The normalized spacial score (nSPS) is 28.2. The Morgan fingerprint density at radius 1 is 0.852 bits per heavy atom. The van der Waals surface area contributed by atoms with Gasteiger partial charge in [-0.15, -0.1) is 0 Å². The van der Waals surface area contributed by atoms with E-state index >= 15 is 0 Å². The molecule has 1 saturated heterocycles. The van der Waals surface area contributed by atoms with E-state index in [1.807, 2.05) is 60.7 Å². The zero-order valence-electron chi connectivity index (χ0n) is 15.3. The van der Waals surface area contributed by atoms with Crippen LogP contribution in [0.25, 0.3) is 0 Å². The summed E-state index contributed by atoms with van der Waals surface area (Å²) < 4.78 is 22.9. The molecule has 0 saturated carbocycles. The summed E-state index contributed by atoms with van der Waals surface area (Å²) >= 11 is 0. The second-order valence-electron chi connectivity index (χ2n) is 6.47. The zero-order chi connectivity index (χ0) is 19.1. The van der Waals surface area contributed by atoms with Crippen LogP contribution in [0.2, 0.25) is 0 Å². The summed E-state index contributed by atoms with van der Waals surface area (Å²) in [5, 5.41) is 20.5. The fourth-order valence-corrected chi connectivity index (χ4v) is 3.15. The van der Waals surface area contributed by atoms with Crippen LogP contribution in [0.5, 0.6) is 0 Å². The van der Waals surface area contributed by atoms with E-state index in [1.54, 1.807) is 0 Å². The van der Waals surface area contributed by atoms with Crippen molar-refractivity contribution in [2.75, 3.05) is 13.7 Å². The molecule has 1 aliphatic rings. The molecule has 2 N–H and O–H groups in total. The van der Waals surface area contributed by atoms with Crippen LogP contribution < -0.4 is 0 Å². The SMILES string of the molecule is CO[C@H]1OC(CO)[C@H](OCc2ccccc2)[C@H](O)C1OCc1ccccc1. The molecule has 2 aromatic carbocycles. The molecule has 0 amide bonds. The van der Waals surface area contributed by atoms with Crippen molar-refractivity contribution < 1.29 is 29.2 Å². The lowest BCUT2D eigenvalue weighted by molar-refractivity contribution is -0.313. The Labute approximate surface area is 159 Å². The van der Waals surface area contributed by atoms with Crippen molar-refractivity contribution in [2.24, 2.45) is 0 Å². The van der Waals surface area contributed by atoms with E-state index in [2.05, 4.69) is 0 Å². The van der Waals surface area contributed by atoms with Crippen molar-refractivity contribution >= 4 is 0 Å². The Balaban J connectivity index is 1.68. The number of methoxy groups -OCH3 is 1. The molecule has 0 aromatic heterocycles. The predicted octanol–water partition coefficient (Wildman–Crippen LogP) is 1.88. The molecule has 146 valence electrons. The monoisotopic (exact) mass is 374 g/mol. The highest BCUT2D eigenvalue weighted by atomic mass is 16.7. The minimum Gasteiger partial charge on any atom is -0.394 e. The second-order valence-corrected chi connectivity index (χ2v) is 6.47. The third-order valence-corrected chi connectivity index (χ3v) is 4.60. The van der Waals surface area contributed by atoms with Gasteiger partial charge in [-0.05, 0) is 11.1 Å². The lowest BCUT2D eigenvalue weighted by Crippen LogP contribution is -2.60. The van der Waals surface area contributed by atoms with E-state index < -0.39 is 30.7 Å². The lowest BCUT2D eigenvalue weighted by atomic mass is 9.98. The maximum absolute atomic E-state index is 10.9. The topological polar surface area (TPSA) is 77.4 Å². The van der Waals surface area contributed by atoms with Gasteiger partial charge in [-0.3, -0.25) is 0 Å². The van der Waals surface area contributed by atoms with Crippen molar-refractivity contribution in [1.82, 2.24) is 0 Å². The lowest BCUT2D eigenvalue weighted by Gasteiger charge is -2.43. The number of ether oxygens (including phenoxy) is 4. The molecule has 1 aliphatic heterocycles. The van der Waals surface area contributed by atoms with Gasteiger partial charge >= 0.3 is 0 Å². The van der Waals surface area contributed by atoms with E-state index in [9.17, 15) is 10.2 Å². The molecule has 1 fully saturated rings. The Bertz CT molecular complexity index is 607. The summed E-state index contributed by atoms with van der Waals surface area (Å²) in [6.45, 7) is 0.314. The van der Waals surface area contributed by atoms with E-state index in [4.69, 9.17) is 18.9 Å². The van der Waals surface area contributed by atoms with Gasteiger partial charge in [-0.1, -0.05) is 60.7 Å². The minimum absolute atomic E-state index is 0.290. The standard InChI is InChI=1S/C21H26O6/c1-24-21-20(26-14-16-10-6-3-7-11-16)18(23)19(17(12-22)27-21)25-13-15-8-4-2-5-9-15/h2-11,17-23H,12-14H2,1H3/t17?,18-,19-,20?,21-/m0/s1. The van der Waals surface area contributed by atoms with Crippen LogP contribution in [-0.4, -0.2) is 54.6 Å². The molecule has 6 nitrogen and oxygen atoms in total. The van der Waals surface area contributed by atoms with E-state index in [-0.39, 0.29) is 6.61 Å². The van der Waals surface area contributed by atoms with Gasteiger partial charge in [0.25, 0.3) is 0 Å². The molecule has 2 aromatic rings. The number of rotatable bonds is 8. The van der Waals surface area contributed by atoms with Crippen LogP contribution in [-0.2, 0) is 32.2 Å². The molecular weight excluding hydrogens is 348 g/mol. The van der Waals surface area contributed by atoms with Crippen LogP contribution in [0.1, 0.15) is 11.1 Å². The van der Waals surface area contributed by atoms with Gasteiger partial charge in [0, 0.05) is 7.11 Å². The van der Waals surface area contributed by atoms with Gasteiger partial charge in [0.2, 0.25) is 0 Å². The van der Waals surface area contributed by atoms with Gasteiger partial charge in [0.15, 0.2) is 6.29 Å². The first kappa shape index (κ1) is 19.9. The first-order valence-electron chi connectivity index (χ1n) is 9.01. The quantitative estimate of drug-likeness (QED) is 0.735. The van der Waals surface area contributed by atoms with Crippen molar-refractivity contribution in [3.8, 4) is 0 Å². The van der Waals surface area contributed by atoms with Gasteiger partial charge in [-0.2, -0.15) is 0 Å². The summed E-state index contributed by atoms with van der Waals surface area (Å²) in [5.74, 6) is 0. The predicted molar refractivity (Wildman–Crippen MR) is 98.8 cm³/mol. The second kappa shape index (κ2) is 9.94. The van der Waals surface area contributed by atoms with Crippen molar-refractivity contribution in [3.05, 3.63) is 71.8 Å². The highest BCUT2D eigenvalue weighted by molar-refractivity contribution is 5.14. The molecule has 2 unspecified atom stereocenters. The van der Waals surface area contributed by atoms with Gasteiger partial charge in [0.1, 0.15) is 24.4 Å². The summed E-state index contributed by atoms with van der Waals surface area (Å²) in [7, 11) is 1.48. The molecular formula is C21H26O6. The summed E-state index contributed by atoms with van der Waals surface area (Å²) in [6, 6.07) is 19.3. The van der Waals surface area contributed by atoms with Crippen LogP contribution in [0.3, 0.4) is 0 Å². The van der Waals surface area contributed by atoms with Gasteiger partial charge < -0.3 is 29.2 Å². The first-order chi connectivity index (χ1) is 13.2. The van der Waals surface area contributed by atoms with Crippen molar-refractivity contribution in [2.45, 2.75) is 43.9 Å². The largest absolute Gasteiger partial charge is 0.394 e. The zero-order valence-corrected chi connectivity index (χ0v) is 15.3. The molecule has 0 aliphatic carbocycles. The third kappa shape index (κ3) is 5.13. The Morgan fingerprint density at radius 2 is 1.37 bits per heavy atom. The number of hydrogen-bond donors (Lipinski definition) is 2. The Hall–Kier alpha value is -1.80. The van der Waals surface area contributed by atoms with Crippen LogP contribution in [0.4, 0.5) is 0 Å². The third-order valence-electron chi connectivity index (χ3n) is 4.60. The Kier molecular flexibility index (Phi) is 7.34. The number of aliphatic hydroxyl groups is 2. The minimum atomic E-state index is -1.01. The molecule has 3 rings (SSSR count). The number of benzene rings is 2. The molecule has 27 heavy (non-hydrogen) atoms.